The van der Waals surface area contributed by atoms with E-state index in [9.17, 15) is 18.0 Å². The fraction of sp³-hybridized carbons (Fsp3) is 0.417. The highest BCUT2D eigenvalue weighted by Crippen LogP contribution is 2.15. The number of benzene rings is 1. The summed E-state index contributed by atoms with van der Waals surface area (Å²) in [6, 6.07) is 1.12. The summed E-state index contributed by atoms with van der Waals surface area (Å²) in [7, 11) is 0. The molecule has 0 aliphatic carbocycles. The van der Waals surface area contributed by atoms with Crippen LogP contribution in [0.1, 0.15) is 26.3 Å². The van der Waals surface area contributed by atoms with Crippen LogP contribution in [0.5, 0.6) is 0 Å². The normalized spacial score (nSPS) is 11.4. The molecule has 94 valence electrons. The van der Waals surface area contributed by atoms with Gasteiger partial charge < -0.3 is 5.32 Å². The molecule has 0 saturated carbocycles. The molecule has 0 aromatic heterocycles. The predicted octanol–water partition coefficient (Wildman–Crippen LogP) is 2.56. The smallest absolute Gasteiger partial charge is 0.225 e. The van der Waals surface area contributed by atoms with E-state index < -0.39 is 40.9 Å². The van der Waals surface area contributed by atoms with Crippen molar-refractivity contribution in [2.45, 2.75) is 32.7 Å². The lowest BCUT2D eigenvalue weighted by atomic mass is 10.1. The van der Waals surface area contributed by atoms with Gasteiger partial charge >= 0.3 is 0 Å². The quantitative estimate of drug-likeness (QED) is 0.852. The van der Waals surface area contributed by atoms with Crippen molar-refractivity contribution in [1.29, 1.82) is 0 Å². The molecule has 5 heteroatoms. The molecule has 0 unspecified atom stereocenters. The average Bonchev–Trinajstić information content (AvgIpc) is 2.08. The van der Waals surface area contributed by atoms with Gasteiger partial charge in [-0.15, -0.1) is 0 Å². The first kappa shape index (κ1) is 13.5. The van der Waals surface area contributed by atoms with Crippen molar-refractivity contribution < 1.29 is 18.0 Å². The second-order valence-electron chi connectivity index (χ2n) is 4.82. The van der Waals surface area contributed by atoms with Gasteiger partial charge in [-0.25, -0.2) is 13.2 Å². The van der Waals surface area contributed by atoms with E-state index in [0.29, 0.717) is 12.1 Å². The minimum atomic E-state index is -1.05. The Hall–Kier alpha value is -1.52. The summed E-state index contributed by atoms with van der Waals surface area (Å²) < 4.78 is 39.1. The average molecular weight is 245 g/mol. The number of hydrogen-bond acceptors (Lipinski definition) is 1. The van der Waals surface area contributed by atoms with Crippen molar-refractivity contribution in [1.82, 2.24) is 5.32 Å². The molecule has 0 saturated heterocycles. The first-order chi connectivity index (χ1) is 7.69. The third-order valence-corrected chi connectivity index (χ3v) is 1.96. The maximum atomic E-state index is 13.2. The van der Waals surface area contributed by atoms with Gasteiger partial charge in [0.1, 0.15) is 17.5 Å². The lowest BCUT2D eigenvalue weighted by molar-refractivity contribution is -0.121. The number of carbonyl (C=O) groups excluding carboxylic acids is 1. The summed E-state index contributed by atoms with van der Waals surface area (Å²) in [6.07, 6.45) is -0.449. The molecule has 0 radical (unpaired) electrons. The molecule has 2 nitrogen and oxygen atoms in total. The fourth-order valence-corrected chi connectivity index (χ4v) is 1.36. The van der Waals surface area contributed by atoms with Crippen LogP contribution in [-0.4, -0.2) is 11.4 Å². The van der Waals surface area contributed by atoms with Crippen molar-refractivity contribution in [2.24, 2.45) is 0 Å². The molecular formula is C12H14F3NO. The van der Waals surface area contributed by atoms with E-state index >= 15 is 0 Å². The largest absolute Gasteiger partial charge is 0.351 e. The Morgan fingerprint density at radius 2 is 1.65 bits per heavy atom. The van der Waals surface area contributed by atoms with Crippen LogP contribution in [0, 0.1) is 17.5 Å². The molecule has 0 fully saturated rings. The number of amides is 1. The Balaban J connectivity index is 2.86. The Morgan fingerprint density at radius 3 is 2.06 bits per heavy atom. The molecule has 0 spiro atoms. The van der Waals surface area contributed by atoms with Gasteiger partial charge in [0.2, 0.25) is 5.91 Å². The van der Waals surface area contributed by atoms with E-state index in [2.05, 4.69) is 5.32 Å². The molecule has 1 amide bonds. The lowest BCUT2D eigenvalue weighted by Gasteiger charge is -2.20. The molecule has 0 heterocycles. The summed E-state index contributed by atoms with van der Waals surface area (Å²) in [5.74, 6) is -3.61. The molecule has 1 rings (SSSR count). The van der Waals surface area contributed by atoms with Crippen LogP contribution in [0.25, 0.3) is 0 Å². The first-order valence-corrected chi connectivity index (χ1v) is 5.13. The van der Waals surface area contributed by atoms with Crippen molar-refractivity contribution in [3.05, 3.63) is 35.1 Å². The molecule has 1 aromatic rings. The maximum Gasteiger partial charge on any atom is 0.225 e. The number of carbonyl (C=O) groups is 1. The second-order valence-corrected chi connectivity index (χ2v) is 4.82. The third-order valence-electron chi connectivity index (χ3n) is 1.96. The fourth-order valence-electron chi connectivity index (χ4n) is 1.36. The van der Waals surface area contributed by atoms with E-state index in [-0.39, 0.29) is 0 Å². The van der Waals surface area contributed by atoms with Crippen LogP contribution in [0.15, 0.2) is 12.1 Å². The van der Waals surface area contributed by atoms with Crippen molar-refractivity contribution in [2.75, 3.05) is 0 Å². The van der Waals surface area contributed by atoms with Crippen molar-refractivity contribution in [3.8, 4) is 0 Å². The number of rotatable bonds is 2. The number of hydrogen-bond donors (Lipinski definition) is 1. The lowest BCUT2D eigenvalue weighted by Crippen LogP contribution is -2.41. The van der Waals surface area contributed by atoms with Gasteiger partial charge in [0.25, 0.3) is 0 Å². The molecule has 17 heavy (non-hydrogen) atoms. The van der Waals surface area contributed by atoms with Gasteiger partial charge in [-0.05, 0) is 20.8 Å². The van der Waals surface area contributed by atoms with E-state index in [1.54, 1.807) is 20.8 Å². The summed E-state index contributed by atoms with van der Waals surface area (Å²) in [4.78, 5) is 11.5. The number of halogens is 3. The van der Waals surface area contributed by atoms with Gasteiger partial charge in [0.15, 0.2) is 0 Å². The molecule has 0 aliphatic heterocycles. The van der Waals surface area contributed by atoms with E-state index in [1.165, 1.54) is 0 Å². The summed E-state index contributed by atoms with van der Waals surface area (Å²) in [5, 5.41) is 2.57. The van der Waals surface area contributed by atoms with Crippen LogP contribution < -0.4 is 5.32 Å². The third kappa shape index (κ3) is 4.09. The molecular weight excluding hydrogens is 231 g/mol. The summed E-state index contributed by atoms with van der Waals surface area (Å²) in [5.41, 5.74) is -0.905. The minimum Gasteiger partial charge on any atom is -0.351 e. The van der Waals surface area contributed by atoms with Crippen LogP contribution in [0.4, 0.5) is 13.2 Å². The standard InChI is InChI=1S/C12H14F3NO/c1-12(2,3)16-11(17)6-8-9(14)4-7(13)5-10(8)15/h4-5H,6H2,1-3H3,(H,16,17). The maximum absolute atomic E-state index is 13.2. The highest BCUT2D eigenvalue weighted by atomic mass is 19.1. The predicted molar refractivity (Wildman–Crippen MR) is 57.9 cm³/mol. The molecule has 1 aromatic carbocycles. The van der Waals surface area contributed by atoms with Gasteiger partial charge in [0.05, 0.1) is 6.42 Å². The Morgan fingerprint density at radius 1 is 1.18 bits per heavy atom. The van der Waals surface area contributed by atoms with E-state index in [1.807, 2.05) is 0 Å². The van der Waals surface area contributed by atoms with Gasteiger partial charge in [-0.2, -0.15) is 0 Å². The monoisotopic (exact) mass is 245 g/mol. The van der Waals surface area contributed by atoms with Crippen molar-refractivity contribution in [3.63, 3.8) is 0 Å². The summed E-state index contributed by atoms with van der Waals surface area (Å²) >= 11 is 0. The van der Waals surface area contributed by atoms with Gasteiger partial charge in [-0.3, -0.25) is 4.79 Å². The molecule has 1 N–H and O–H groups in total. The van der Waals surface area contributed by atoms with Crippen molar-refractivity contribution >= 4 is 5.91 Å². The zero-order chi connectivity index (χ0) is 13.2. The van der Waals surface area contributed by atoms with Gasteiger partial charge in [0, 0.05) is 23.2 Å². The topological polar surface area (TPSA) is 29.1 Å². The zero-order valence-corrected chi connectivity index (χ0v) is 9.90. The van der Waals surface area contributed by atoms with Crippen LogP contribution in [-0.2, 0) is 11.2 Å². The molecule has 0 atom stereocenters. The van der Waals surface area contributed by atoms with E-state index in [0.717, 1.165) is 0 Å². The Kier molecular flexibility index (Phi) is 3.80. The van der Waals surface area contributed by atoms with Gasteiger partial charge in [-0.1, -0.05) is 0 Å². The van der Waals surface area contributed by atoms with Crippen LogP contribution in [0.2, 0.25) is 0 Å². The first-order valence-electron chi connectivity index (χ1n) is 5.13. The molecule has 0 bridgehead atoms. The minimum absolute atomic E-state index is 0.423. The Bertz CT molecular complexity index is 415. The summed E-state index contributed by atoms with van der Waals surface area (Å²) in [6.45, 7) is 5.26. The molecule has 0 aliphatic rings. The Labute approximate surface area is 97.8 Å². The van der Waals surface area contributed by atoms with Crippen LogP contribution in [0.3, 0.4) is 0 Å². The number of nitrogens with one attached hydrogen (secondary N) is 1. The second kappa shape index (κ2) is 4.77. The van der Waals surface area contributed by atoms with Crippen LogP contribution >= 0.6 is 0 Å². The highest BCUT2D eigenvalue weighted by Gasteiger charge is 2.18. The zero-order valence-electron chi connectivity index (χ0n) is 9.90. The SMILES string of the molecule is CC(C)(C)NC(=O)Cc1c(F)cc(F)cc1F. The van der Waals surface area contributed by atoms with E-state index in [4.69, 9.17) is 0 Å². The highest BCUT2D eigenvalue weighted by molar-refractivity contribution is 5.79.